The summed E-state index contributed by atoms with van der Waals surface area (Å²) in [4.78, 5) is 17.1. The van der Waals surface area contributed by atoms with E-state index in [0.29, 0.717) is 5.92 Å². The van der Waals surface area contributed by atoms with Crippen LogP contribution in [0, 0.1) is 6.92 Å². The molecule has 1 fully saturated rings. The highest BCUT2D eigenvalue weighted by molar-refractivity contribution is 7.17. The number of rotatable bonds is 3. The highest BCUT2D eigenvalue weighted by Crippen LogP contribution is 2.32. The van der Waals surface area contributed by atoms with Crippen molar-refractivity contribution in [2.24, 2.45) is 0 Å². The van der Waals surface area contributed by atoms with Crippen LogP contribution in [0.4, 0.5) is 0 Å². The summed E-state index contributed by atoms with van der Waals surface area (Å²) in [5.74, 6) is 0.624. The number of fused-ring (bicyclic) bond motifs is 1. The minimum absolute atomic E-state index is 0.0559. The first-order chi connectivity index (χ1) is 9.15. The average molecular weight is 279 g/mol. The monoisotopic (exact) mass is 279 g/mol. The van der Waals surface area contributed by atoms with Gasteiger partial charge in [0, 0.05) is 10.8 Å². The first-order valence-corrected chi connectivity index (χ1v) is 7.53. The van der Waals surface area contributed by atoms with Crippen molar-refractivity contribution in [2.45, 2.75) is 51.4 Å². The van der Waals surface area contributed by atoms with Gasteiger partial charge in [-0.25, -0.2) is 9.50 Å². The number of carboxylic acid groups (broad SMARTS) is 1. The third kappa shape index (κ3) is 2.36. The highest BCUT2D eigenvalue weighted by Gasteiger charge is 2.22. The van der Waals surface area contributed by atoms with Crippen molar-refractivity contribution in [1.29, 1.82) is 0 Å². The van der Waals surface area contributed by atoms with E-state index in [1.807, 2.05) is 11.4 Å². The van der Waals surface area contributed by atoms with Crippen molar-refractivity contribution in [2.75, 3.05) is 0 Å². The van der Waals surface area contributed by atoms with E-state index < -0.39 is 5.97 Å². The molecule has 2 aromatic rings. The summed E-state index contributed by atoms with van der Waals surface area (Å²) in [5, 5.41) is 13.5. The van der Waals surface area contributed by atoms with E-state index >= 15 is 0 Å². The number of carboxylic acids is 1. The van der Waals surface area contributed by atoms with Gasteiger partial charge in [-0.15, -0.1) is 0 Å². The molecule has 0 amide bonds. The molecule has 0 radical (unpaired) electrons. The van der Waals surface area contributed by atoms with E-state index in [1.165, 1.54) is 43.4 Å². The van der Waals surface area contributed by atoms with Gasteiger partial charge in [0.25, 0.3) is 0 Å². The van der Waals surface area contributed by atoms with E-state index in [-0.39, 0.29) is 6.42 Å². The Morgan fingerprint density at radius 3 is 2.79 bits per heavy atom. The molecule has 5 nitrogen and oxygen atoms in total. The first kappa shape index (κ1) is 12.6. The molecule has 6 heteroatoms. The zero-order valence-corrected chi connectivity index (χ0v) is 11.7. The lowest BCUT2D eigenvalue weighted by molar-refractivity contribution is -0.136. The van der Waals surface area contributed by atoms with Crippen LogP contribution in [0.1, 0.15) is 54.4 Å². The molecule has 102 valence electrons. The van der Waals surface area contributed by atoms with Crippen molar-refractivity contribution in [3.8, 4) is 0 Å². The van der Waals surface area contributed by atoms with Crippen molar-refractivity contribution < 1.29 is 9.90 Å². The van der Waals surface area contributed by atoms with Crippen LogP contribution >= 0.6 is 11.3 Å². The van der Waals surface area contributed by atoms with Gasteiger partial charge in [-0.3, -0.25) is 4.79 Å². The molecule has 0 aromatic carbocycles. The molecule has 0 bridgehead atoms. The van der Waals surface area contributed by atoms with Crippen LogP contribution in [0.15, 0.2) is 0 Å². The predicted octanol–water partition coefficient (Wildman–Crippen LogP) is 2.77. The minimum Gasteiger partial charge on any atom is -0.481 e. The van der Waals surface area contributed by atoms with Crippen LogP contribution < -0.4 is 0 Å². The Labute approximate surface area is 115 Å². The summed E-state index contributed by atoms with van der Waals surface area (Å²) in [5.41, 5.74) is 0.914. The maximum absolute atomic E-state index is 10.8. The molecule has 2 heterocycles. The summed E-state index contributed by atoms with van der Waals surface area (Å²) in [7, 11) is 0. The van der Waals surface area contributed by atoms with E-state index in [9.17, 15) is 4.79 Å². The number of carbonyl (C=O) groups is 1. The second-order valence-electron chi connectivity index (χ2n) is 5.18. The molecule has 1 N–H and O–H groups in total. The predicted molar refractivity (Wildman–Crippen MR) is 72.8 cm³/mol. The van der Waals surface area contributed by atoms with Gasteiger partial charge in [0.2, 0.25) is 4.96 Å². The van der Waals surface area contributed by atoms with Crippen LogP contribution in [0.25, 0.3) is 4.96 Å². The van der Waals surface area contributed by atoms with Crippen LogP contribution in [0.2, 0.25) is 0 Å². The molecule has 1 saturated carbocycles. The maximum Gasteiger partial charge on any atom is 0.308 e. The summed E-state index contributed by atoms with van der Waals surface area (Å²) >= 11 is 1.45. The number of aliphatic carboxylic acids is 1. The van der Waals surface area contributed by atoms with E-state index in [1.54, 1.807) is 0 Å². The molecule has 0 unspecified atom stereocenters. The number of nitrogens with zero attached hydrogens (tertiary/aromatic N) is 3. The van der Waals surface area contributed by atoms with Crippen LogP contribution in [-0.4, -0.2) is 25.7 Å². The fourth-order valence-electron chi connectivity index (χ4n) is 2.73. The highest BCUT2D eigenvalue weighted by atomic mass is 32.1. The molecule has 0 atom stereocenters. The first-order valence-electron chi connectivity index (χ1n) is 6.72. The minimum atomic E-state index is -0.805. The van der Waals surface area contributed by atoms with Gasteiger partial charge in [-0.1, -0.05) is 30.6 Å². The molecule has 1 aliphatic carbocycles. The lowest BCUT2D eigenvalue weighted by Crippen LogP contribution is -2.07. The van der Waals surface area contributed by atoms with Crippen molar-refractivity contribution >= 4 is 22.3 Å². The quantitative estimate of drug-likeness (QED) is 0.938. The second kappa shape index (κ2) is 4.92. The summed E-state index contributed by atoms with van der Waals surface area (Å²) in [6.07, 6.45) is 6.26. The number of hydrogen-bond donors (Lipinski definition) is 1. The van der Waals surface area contributed by atoms with Crippen LogP contribution in [0.5, 0.6) is 0 Å². The fraction of sp³-hybridized carbons (Fsp3) is 0.615. The lowest BCUT2D eigenvalue weighted by atomic mass is 9.89. The zero-order chi connectivity index (χ0) is 13.4. The zero-order valence-electron chi connectivity index (χ0n) is 10.9. The summed E-state index contributed by atoms with van der Waals surface area (Å²) in [6, 6.07) is 0. The third-order valence-electron chi connectivity index (χ3n) is 3.81. The standard InChI is InChI=1S/C13H17N3O2S/c1-8-10(7-11(17)18)19-13-14-12(15-16(8)13)9-5-3-2-4-6-9/h9H,2-7H2,1H3,(H,17,18). The third-order valence-corrected chi connectivity index (χ3v) is 4.94. The maximum atomic E-state index is 10.8. The largest absolute Gasteiger partial charge is 0.481 e. The van der Waals surface area contributed by atoms with Gasteiger partial charge in [-0.05, 0) is 19.8 Å². The number of aryl methyl sites for hydroxylation is 1. The van der Waals surface area contributed by atoms with E-state index in [0.717, 1.165) is 21.4 Å². The smallest absolute Gasteiger partial charge is 0.308 e. The topological polar surface area (TPSA) is 67.5 Å². The van der Waals surface area contributed by atoms with Gasteiger partial charge < -0.3 is 5.11 Å². The summed E-state index contributed by atoms with van der Waals surface area (Å²) < 4.78 is 1.81. The van der Waals surface area contributed by atoms with Gasteiger partial charge in [0.15, 0.2) is 5.82 Å². The Morgan fingerprint density at radius 2 is 2.16 bits per heavy atom. The molecular weight excluding hydrogens is 262 g/mol. The number of hydrogen-bond acceptors (Lipinski definition) is 4. The van der Waals surface area contributed by atoms with Crippen LogP contribution in [-0.2, 0) is 11.2 Å². The molecule has 0 spiro atoms. The summed E-state index contributed by atoms with van der Waals surface area (Å²) in [6.45, 7) is 1.92. The Kier molecular flexibility index (Phi) is 3.26. The second-order valence-corrected chi connectivity index (χ2v) is 6.24. The fourth-order valence-corrected chi connectivity index (χ4v) is 3.79. The molecule has 1 aliphatic rings. The van der Waals surface area contributed by atoms with Crippen LogP contribution in [0.3, 0.4) is 0 Å². The lowest BCUT2D eigenvalue weighted by Gasteiger charge is -2.18. The molecule has 0 saturated heterocycles. The molecule has 2 aromatic heterocycles. The van der Waals surface area contributed by atoms with Crippen molar-refractivity contribution in [1.82, 2.24) is 14.6 Å². The van der Waals surface area contributed by atoms with Crippen molar-refractivity contribution in [3.05, 3.63) is 16.4 Å². The normalized spacial score (nSPS) is 17.1. The molecule has 0 aliphatic heterocycles. The van der Waals surface area contributed by atoms with Gasteiger partial charge in [-0.2, -0.15) is 5.10 Å². The average Bonchev–Trinajstić information content (AvgIpc) is 2.92. The number of aromatic nitrogens is 3. The van der Waals surface area contributed by atoms with Gasteiger partial charge in [0.05, 0.1) is 12.1 Å². The van der Waals surface area contributed by atoms with Gasteiger partial charge in [0.1, 0.15) is 0 Å². The Balaban J connectivity index is 1.91. The SMILES string of the molecule is Cc1c(CC(=O)O)sc2nc(C3CCCCC3)nn12. The molecular formula is C13H17N3O2S. The van der Waals surface area contributed by atoms with E-state index in [2.05, 4.69) is 10.1 Å². The molecule has 19 heavy (non-hydrogen) atoms. The van der Waals surface area contributed by atoms with Crippen molar-refractivity contribution in [3.63, 3.8) is 0 Å². The Hall–Kier alpha value is -1.43. The molecule has 3 rings (SSSR count). The van der Waals surface area contributed by atoms with Gasteiger partial charge >= 0.3 is 5.97 Å². The Morgan fingerprint density at radius 1 is 1.42 bits per heavy atom. The Bertz CT molecular complexity index is 611. The van der Waals surface area contributed by atoms with E-state index in [4.69, 9.17) is 5.11 Å². The number of thiazole rings is 1.